The van der Waals surface area contributed by atoms with Crippen LogP contribution >= 0.6 is 0 Å². The Balaban J connectivity index is 2.74. The van der Waals surface area contributed by atoms with Crippen LogP contribution in [0.3, 0.4) is 0 Å². The maximum Gasteiger partial charge on any atom is 0.0735 e. The summed E-state index contributed by atoms with van der Waals surface area (Å²) in [6, 6.07) is 4.25. The fourth-order valence-electron chi connectivity index (χ4n) is 1.58. The van der Waals surface area contributed by atoms with Gasteiger partial charge in [-0.25, -0.2) is 0 Å². The van der Waals surface area contributed by atoms with E-state index in [9.17, 15) is 0 Å². The van der Waals surface area contributed by atoms with Gasteiger partial charge in [0, 0.05) is 13.3 Å². The molecule has 1 atom stereocenters. The van der Waals surface area contributed by atoms with Crippen molar-refractivity contribution in [3.63, 3.8) is 0 Å². The second-order valence-corrected chi connectivity index (χ2v) is 3.67. The molecule has 0 saturated heterocycles. The summed E-state index contributed by atoms with van der Waals surface area (Å²) in [5, 5.41) is 3.44. The number of rotatable bonds is 6. The Hall–Kier alpha value is -0.930. The Morgan fingerprint density at radius 3 is 2.93 bits per heavy atom. The number of pyridine rings is 1. The van der Waals surface area contributed by atoms with Crippen LogP contribution in [0.5, 0.6) is 0 Å². The SMILES string of the molecule is CCCNC(COC)c1ncccc1C. The van der Waals surface area contributed by atoms with E-state index in [-0.39, 0.29) is 6.04 Å². The lowest BCUT2D eigenvalue weighted by atomic mass is 10.1. The van der Waals surface area contributed by atoms with Gasteiger partial charge in [0.15, 0.2) is 0 Å². The molecule has 1 heterocycles. The van der Waals surface area contributed by atoms with Crippen LogP contribution in [-0.4, -0.2) is 25.2 Å². The molecule has 1 aromatic heterocycles. The first-order chi connectivity index (χ1) is 7.29. The molecule has 0 aliphatic carbocycles. The smallest absolute Gasteiger partial charge is 0.0735 e. The molecule has 0 aromatic carbocycles. The standard InChI is InChI=1S/C12H20N2O/c1-4-7-13-11(9-15-3)12-10(2)6-5-8-14-12/h5-6,8,11,13H,4,7,9H2,1-3H3. The van der Waals surface area contributed by atoms with Gasteiger partial charge in [-0.3, -0.25) is 4.98 Å². The Morgan fingerprint density at radius 1 is 1.53 bits per heavy atom. The first-order valence-electron chi connectivity index (χ1n) is 5.43. The molecule has 1 N–H and O–H groups in total. The lowest BCUT2D eigenvalue weighted by Gasteiger charge is -2.18. The van der Waals surface area contributed by atoms with E-state index in [1.54, 1.807) is 7.11 Å². The number of methoxy groups -OCH3 is 1. The maximum atomic E-state index is 5.21. The molecule has 0 fully saturated rings. The molecule has 3 heteroatoms. The van der Waals surface area contributed by atoms with E-state index in [0.717, 1.165) is 18.7 Å². The summed E-state index contributed by atoms with van der Waals surface area (Å²) in [6.07, 6.45) is 2.95. The molecule has 84 valence electrons. The monoisotopic (exact) mass is 208 g/mol. The number of hydrogen-bond acceptors (Lipinski definition) is 3. The van der Waals surface area contributed by atoms with E-state index < -0.39 is 0 Å². The minimum atomic E-state index is 0.205. The van der Waals surface area contributed by atoms with Gasteiger partial charge >= 0.3 is 0 Å². The number of ether oxygens (including phenoxy) is 1. The van der Waals surface area contributed by atoms with Crippen LogP contribution in [0.1, 0.15) is 30.6 Å². The van der Waals surface area contributed by atoms with Gasteiger partial charge in [0.25, 0.3) is 0 Å². The van der Waals surface area contributed by atoms with E-state index in [2.05, 4.69) is 30.2 Å². The predicted octanol–water partition coefficient (Wildman–Crippen LogP) is 2.08. The summed E-state index contributed by atoms with van der Waals surface area (Å²) in [6.45, 7) is 5.89. The minimum Gasteiger partial charge on any atom is -0.383 e. The van der Waals surface area contributed by atoms with Crippen LogP contribution in [0.2, 0.25) is 0 Å². The van der Waals surface area contributed by atoms with Crippen molar-refractivity contribution in [2.75, 3.05) is 20.3 Å². The maximum absolute atomic E-state index is 5.21. The molecule has 1 aromatic rings. The van der Waals surface area contributed by atoms with Crippen LogP contribution in [0.15, 0.2) is 18.3 Å². The van der Waals surface area contributed by atoms with Crippen molar-refractivity contribution in [2.45, 2.75) is 26.3 Å². The average molecular weight is 208 g/mol. The van der Waals surface area contributed by atoms with Crippen LogP contribution < -0.4 is 5.32 Å². The normalized spacial score (nSPS) is 12.7. The number of nitrogens with zero attached hydrogens (tertiary/aromatic N) is 1. The zero-order valence-electron chi connectivity index (χ0n) is 9.79. The molecule has 1 rings (SSSR count). The molecule has 0 radical (unpaired) electrons. The molecular formula is C12H20N2O. The van der Waals surface area contributed by atoms with Gasteiger partial charge in [-0.15, -0.1) is 0 Å². The molecule has 1 unspecified atom stereocenters. The van der Waals surface area contributed by atoms with E-state index in [1.165, 1.54) is 5.56 Å². The highest BCUT2D eigenvalue weighted by Gasteiger charge is 2.13. The largest absolute Gasteiger partial charge is 0.383 e. The molecule has 0 aliphatic rings. The molecule has 0 bridgehead atoms. The summed E-state index contributed by atoms with van der Waals surface area (Å²) in [5.74, 6) is 0. The van der Waals surface area contributed by atoms with Crippen LogP contribution in [0.25, 0.3) is 0 Å². The topological polar surface area (TPSA) is 34.1 Å². The Kier molecular flexibility index (Phi) is 5.29. The summed E-state index contributed by atoms with van der Waals surface area (Å²) in [5.41, 5.74) is 2.30. The van der Waals surface area contributed by atoms with Gasteiger partial charge in [0.2, 0.25) is 0 Å². The summed E-state index contributed by atoms with van der Waals surface area (Å²) < 4.78 is 5.21. The van der Waals surface area contributed by atoms with Crippen LogP contribution in [0.4, 0.5) is 0 Å². The van der Waals surface area contributed by atoms with E-state index in [0.29, 0.717) is 6.61 Å². The van der Waals surface area contributed by atoms with E-state index in [4.69, 9.17) is 4.74 Å². The van der Waals surface area contributed by atoms with Crippen LogP contribution in [0, 0.1) is 6.92 Å². The lowest BCUT2D eigenvalue weighted by molar-refractivity contribution is 0.165. The molecule has 0 aliphatic heterocycles. The third-order valence-electron chi connectivity index (χ3n) is 2.35. The summed E-state index contributed by atoms with van der Waals surface area (Å²) >= 11 is 0. The van der Waals surface area contributed by atoms with Crippen molar-refractivity contribution < 1.29 is 4.74 Å². The lowest BCUT2D eigenvalue weighted by Crippen LogP contribution is -2.27. The fourth-order valence-corrected chi connectivity index (χ4v) is 1.58. The van der Waals surface area contributed by atoms with Gasteiger partial charge < -0.3 is 10.1 Å². The highest BCUT2D eigenvalue weighted by atomic mass is 16.5. The van der Waals surface area contributed by atoms with Crippen LogP contribution in [-0.2, 0) is 4.74 Å². The average Bonchev–Trinajstić information content (AvgIpc) is 2.25. The van der Waals surface area contributed by atoms with Gasteiger partial charge in [0.05, 0.1) is 18.3 Å². The van der Waals surface area contributed by atoms with Crippen molar-refractivity contribution in [2.24, 2.45) is 0 Å². The second-order valence-electron chi connectivity index (χ2n) is 3.67. The highest BCUT2D eigenvalue weighted by Crippen LogP contribution is 2.14. The summed E-state index contributed by atoms with van der Waals surface area (Å²) in [7, 11) is 1.72. The minimum absolute atomic E-state index is 0.205. The first kappa shape index (κ1) is 12.1. The molecular weight excluding hydrogens is 188 g/mol. The molecule has 3 nitrogen and oxygen atoms in total. The van der Waals surface area contributed by atoms with Gasteiger partial charge in [-0.1, -0.05) is 13.0 Å². The number of nitrogens with one attached hydrogen (secondary N) is 1. The Labute approximate surface area is 91.9 Å². The molecule has 0 saturated carbocycles. The number of aromatic nitrogens is 1. The Morgan fingerprint density at radius 2 is 2.33 bits per heavy atom. The summed E-state index contributed by atoms with van der Waals surface area (Å²) in [4.78, 5) is 4.41. The molecule has 15 heavy (non-hydrogen) atoms. The van der Waals surface area contributed by atoms with Gasteiger partial charge in [0.1, 0.15) is 0 Å². The van der Waals surface area contributed by atoms with Crippen molar-refractivity contribution >= 4 is 0 Å². The zero-order chi connectivity index (χ0) is 11.1. The quantitative estimate of drug-likeness (QED) is 0.777. The van der Waals surface area contributed by atoms with Crippen molar-refractivity contribution in [1.29, 1.82) is 0 Å². The van der Waals surface area contributed by atoms with Crippen molar-refractivity contribution in [3.8, 4) is 0 Å². The van der Waals surface area contributed by atoms with Gasteiger partial charge in [-0.2, -0.15) is 0 Å². The Bertz CT molecular complexity index is 289. The predicted molar refractivity (Wildman–Crippen MR) is 61.9 cm³/mol. The van der Waals surface area contributed by atoms with E-state index in [1.807, 2.05) is 12.3 Å². The first-order valence-corrected chi connectivity index (χ1v) is 5.43. The third kappa shape index (κ3) is 3.61. The van der Waals surface area contributed by atoms with Gasteiger partial charge in [-0.05, 0) is 31.5 Å². The third-order valence-corrected chi connectivity index (χ3v) is 2.35. The van der Waals surface area contributed by atoms with Crippen molar-refractivity contribution in [3.05, 3.63) is 29.6 Å². The second kappa shape index (κ2) is 6.53. The number of hydrogen-bond donors (Lipinski definition) is 1. The number of aryl methyl sites for hydroxylation is 1. The molecule has 0 amide bonds. The molecule has 0 spiro atoms. The van der Waals surface area contributed by atoms with E-state index >= 15 is 0 Å². The highest BCUT2D eigenvalue weighted by molar-refractivity contribution is 5.21. The van der Waals surface area contributed by atoms with Crippen molar-refractivity contribution in [1.82, 2.24) is 10.3 Å². The zero-order valence-corrected chi connectivity index (χ0v) is 9.79. The fraction of sp³-hybridized carbons (Fsp3) is 0.583.